The fourth-order valence-electron chi connectivity index (χ4n) is 2.10. The fourth-order valence-corrected chi connectivity index (χ4v) is 3.13. The van der Waals surface area contributed by atoms with Gasteiger partial charge in [-0.15, -0.1) is 4.28 Å². The normalized spacial score (nSPS) is 23.0. The first-order valence-electron chi connectivity index (χ1n) is 6.51. The van der Waals surface area contributed by atoms with Gasteiger partial charge in [-0.2, -0.15) is 13.5 Å². The van der Waals surface area contributed by atoms with Gasteiger partial charge in [-0.25, -0.2) is 4.99 Å². The molecule has 2 rings (SSSR count). The molecule has 2 aliphatic rings. The summed E-state index contributed by atoms with van der Waals surface area (Å²) in [7, 11) is -4.87. The van der Waals surface area contributed by atoms with Crippen molar-refractivity contribution >= 4 is 44.9 Å². The van der Waals surface area contributed by atoms with Crippen molar-refractivity contribution in [1.29, 1.82) is 5.41 Å². The fraction of sp³-hybridized carbons (Fsp3) is 0.455. The highest BCUT2D eigenvalue weighted by Gasteiger charge is 2.58. The van der Waals surface area contributed by atoms with E-state index in [1.807, 2.05) is 0 Å². The van der Waals surface area contributed by atoms with Crippen molar-refractivity contribution in [2.45, 2.75) is 25.4 Å². The zero-order valence-electron chi connectivity index (χ0n) is 12.6. The number of nitrogens with zero attached hydrogens (tertiary/aromatic N) is 2. The molecule has 2 heterocycles. The van der Waals surface area contributed by atoms with Crippen molar-refractivity contribution in [2.24, 2.45) is 10.7 Å². The maximum Gasteiger partial charge on any atom is 0.418 e. The average Bonchev–Trinajstić information content (AvgIpc) is 2.48. The Kier molecular flexibility index (Phi) is 4.72. The number of aliphatic imine (C=N–C) groups is 1. The third-order valence-electron chi connectivity index (χ3n) is 3.34. The molecular weight excluding hydrogens is 362 g/mol. The molecule has 11 nitrogen and oxygen atoms in total. The third kappa shape index (κ3) is 3.58. The van der Waals surface area contributed by atoms with Crippen LogP contribution in [0, 0.1) is 5.41 Å². The summed E-state index contributed by atoms with van der Waals surface area (Å²) in [6.45, 7) is 2.83. The summed E-state index contributed by atoms with van der Waals surface area (Å²) in [5.74, 6) is -1.29. The van der Waals surface area contributed by atoms with Gasteiger partial charge < -0.3 is 11.1 Å². The van der Waals surface area contributed by atoms with Gasteiger partial charge in [0.05, 0.1) is 11.2 Å². The van der Waals surface area contributed by atoms with Crippen LogP contribution < -0.4 is 11.1 Å². The molecule has 0 bridgehead atoms. The lowest BCUT2D eigenvalue weighted by Crippen LogP contribution is -2.76. The summed E-state index contributed by atoms with van der Waals surface area (Å²) in [4.78, 5) is 27.9. The monoisotopic (exact) mass is 377 g/mol. The van der Waals surface area contributed by atoms with Crippen molar-refractivity contribution in [3.05, 3.63) is 11.8 Å². The zero-order valence-corrected chi connectivity index (χ0v) is 14.3. The van der Waals surface area contributed by atoms with Crippen LogP contribution >= 0.6 is 11.8 Å². The van der Waals surface area contributed by atoms with Gasteiger partial charge in [0.1, 0.15) is 11.8 Å². The molecule has 1 saturated heterocycles. The number of hydrogen-bond donors (Lipinski definition) is 4. The predicted molar refractivity (Wildman–Crippen MR) is 85.4 cm³/mol. The maximum atomic E-state index is 12.1. The van der Waals surface area contributed by atoms with E-state index in [1.54, 1.807) is 6.08 Å². The molecule has 0 saturated carbocycles. The molecule has 2 amide bonds. The molecule has 0 aromatic heterocycles. The molecule has 2 aliphatic heterocycles. The van der Waals surface area contributed by atoms with Crippen LogP contribution in [0.2, 0.25) is 0 Å². The summed E-state index contributed by atoms with van der Waals surface area (Å²) in [5, 5.41) is 10.8. The van der Waals surface area contributed by atoms with Gasteiger partial charge in [0.2, 0.25) is 0 Å². The van der Waals surface area contributed by atoms with Crippen molar-refractivity contribution in [3.8, 4) is 0 Å². The Morgan fingerprint density at radius 1 is 1.62 bits per heavy atom. The van der Waals surface area contributed by atoms with Gasteiger partial charge >= 0.3 is 10.4 Å². The van der Waals surface area contributed by atoms with Gasteiger partial charge in [-0.3, -0.25) is 19.6 Å². The molecule has 0 spiro atoms. The second-order valence-corrected chi connectivity index (χ2v) is 7.47. The van der Waals surface area contributed by atoms with Gasteiger partial charge in [0.15, 0.2) is 5.17 Å². The minimum Gasteiger partial charge on any atom is -0.378 e. The maximum absolute atomic E-state index is 12.1. The van der Waals surface area contributed by atoms with Crippen LogP contribution in [0.15, 0.2) is 16.8 Å². The van der Waals surface area contributed by atoms with Crippen molar-refractivity contribution in [3.63, 3.8) is 0 Å². The van der Waals surface area contributed by atoms with E-state index < -0.39 is 39.5 Å². The molecule has 0 aromatic rings. The minimum absolute atomic E-state index is 0.0828. The van der Waals surface area contributed by atoms with Gasteiger partial charge in [0.25, 0.3) is 11.8 Å². The van der Waals surface area contributed by atoms with Crippen LogP contribution in [-0.4, -0.2) is 58.1 Å². The molecule has 0 unspecified atom stereocenters. The molecule has 0 aliphatic carbocycles. The van der Waals surface area contributed by atoms with E-state index in [0.29, 0.717) is 10.8 Å². The standard InChI is InChI=1S/C11H15N5O6S2/c1-11(2)7(9(18)16(11)22-24(19,20)21)15-8(17)6(12)5-3-4-23-10(13)14-5/h3,7,12H,4H2,1-2H3,(H2,13,14)(H,15,17)(H,19,20,21)/t7-/m1/s1. The molecule has 13 heteroatoms. The second-order valence-electron chi connectivity index (χ2n) is 5.42. The summed E-state index contributed by atoms with van der Waals surface area (Å²) in [6, 6.07) is -1.13. The van der Waals surface area contributed by atoms with Gasteiger partial charge in [-0.1, -0.05) is 11.8 Å². The highest BCUT2D eigenvalue weighted by atomic mass is 32.3. The number of nitrogens with one attached hydrogen (secondary N) is 2. The number of thioether (sulfide) groups is 1. The van der Waals surface area contributed by atoms with Crippen LogP contribution in [0.1, 0.15) is 13.8 Å². The first kappa shape index (κ1) is 18.4. The van der Waals surface area contributed by atoms with Gasteiger partial charge in [0, 0.05) is 5.75 Å². The Morgan fingerprint density at radius 3 is 2.75 bits per heavy atom. The van der Waals surface area contributed by atoms with E-state index >= 15 is 0 Å². The number of amidine groups is 1. The Morgan fingerprint density at radius 2 is 2.25 bits per heavy atom. The number of β-lactam (4-membered cyclic amide) rings is 1. The highest BCUT2D eigenvalue weighted by Crippen LogP contribution is 2.32. The molecule has 0 radical (unpaired) electrons. The van der Waals surface area contributed by atoms with Crippen LogP contribution in [0.3, 0.4) is 0 Å². The molecule has 1 fully saturated rings. The van der Waals surface area contributed by atoms with Crippen LogP contribution in [-0.2, 0) is 24.3 Å². The first-order chi connectivity index (χ1) is 10.9. The molecule has 1 atom stereocenters. The number of nitrogens with two attached hydrogens (primary N) is 1. The minimum atomic E-state index is -4.87. The summed E-state index contributed by atoms with van der Waals surface area (Å²) in [6.07, 6.45) is 1.55. The summed E-state index contributed by atoms with van der Waals surface area (Å²) in [5.41, 5.74) is 3.89. The number of rotatable bonds is 5. The van der Waals surface area contributed by atoms with Crippen LogP contribution in [0.25, 0.3) is 0 Å². The topological polar surface area (TPSA) is 175 Å². The Labute approximate surface area is 141 Å². The van der Waals surface area contributed by atoms with Crippen molar-refractivity contribution in [2.75, 3.05) is 5.75 Å². The summed E-state index contributed by atoms with van der Waals surface area (Å²) < 4.78 is 34.3. The Bertz CT molecular complexity index is 772. The molecule has 5 N–H and O–H groups in total. The molecule has 0 aromatic carbocycles. The SMILES string of the molecule is CC1(C)[C@H](NC(=O)C(=N)C2=CCSC(N)=N2)C(=O)N1OS(=O)(=O)O. The van der Waals surface area contributed by atoms with E-state index in [0.717, 1.165) is 0 Å². The van der Waals surface area contributed by atoms with Crippen molar-refractivity contribution in [1.82, 2.24) is 10.4 Å². The van der Waals surface area contributed by atoms with Gasteiger partial charge in [-0.05, 0) is 19.9 Å². The van der Waals surface area contributed by atoms with Crippen LogP contribution in [0.5, 0.6) is 0 Å². The average molecular weight is 377 g/mol. The lowest BCUT2D eigenvalue weighted by Gasteiger charge is -2.50. The Hall–Kier alpha value is -1.96. The number of carbonyl (C=O) groups excluding carboxylic acids is 2. The van der Waals surface area contributed by atoms with E-state index in [1.165, 1.54) is 25.6 Å². The lowest BCUT2D eigenvalue weighted by molar-refractivity contribution is -0.218. The summed E-state index contributed by atoms with van der Waals surface area (Å²) >= 11 is 1.25. The third-order valence-corrected chi connectivity index (χ3v) is 4.40. The molecule has 132 valence electrons. The smallest absolute Gasteiger partial charge is 0.378 e. The van der Waals surface area contributed by atoms with Crippen molar-refractivity contribution < 1.29 is 26.8 Å². The quantitative estimate of drug-likeness (QED) is 0.262. The van der Waals surface area contributed by atoms with Crippen LogP contribution in [0.4, 0.5) is 0 Å². The second kappa shape index (κ2) is 6.16. The molecular formula is C11H15N5O6S2. The highest BCUT2D eigenvalue weighted by molar-refractivity contribution is 8.14. The number of carbonyl (C=O) groups is 2. The van der Waals surface area contributed by atoms with E-state index in [2.05, 4.69) is 14.6 Å². The van der Waals surface area contributed by atoms with E-state index in [-0.39, 0.29) is 10.9 Å². The zero-order chi connectivity index (χ0) is 18.3. The number of amides is 2. The predicted octanol–water partition coefficient (Wildman–Crippen LogP) is -1.21. The first-order valence-corrected chi connectivity index (χ1v) is 8.86. The van der Waals surface area contributed by atoms with E-state index in [4.69, 9.17) is 15.7 Å². The molecule has 24 heavy (non-hydrogen) atoms. The van der Waals surface area contributed by atoms with E-state index in [9.17, 15) is 18.0 Å². The Balaban J connectivity index is 2.06. The lowest BCUT2D eigenvalue weighted by atomic mass is 9.84. The number of hydroxylamine groups is 2. The number of hydrogen-bond acceptors (Lipinski definition) is 9. The largest absolute Gasteiger partial charge is 0.418 e.